The summed E-state index contributed by atoms with van der Waals surface area (Å²) in [6.45, 7) is 6.71. The molecule has 0 aliphatic rings. The fourth-order valence-corrected chi connectivity index (χ4v) is 7.34. The molecule has 0 aliphatic carbocycles. The summed E-state index contributed by atoms with van der Waals surface area (Å²) >= 11 is 1.57. The smallest absolute Gasteiger partial charge is 0.0654 e. The van der Waals surface area contributed by atoms with Crippen LogP contribution in [0.5, 0.6) is 0 Å². The molecule has 0 saturated heterocycles. The van der Waals surface area contributed by atoms with Gasteiger partial charge in [-0.2, -0.15) is 0 Å². The van der Waals surface area contributed by atoms with E-state index in [9.17, 15) is 14.4 Å². The van der Waals surface area contributed by atoms with Crippen LogP contribution in [-0.4, -0.2) is 46.4 Å². The van der Waals surface area contributed by atoms with Crippen LogP contribution in [0.15, 0.2) is 0 Å². The Morgan fingerprint density at radius 1 is 0.353 bits per heavy atom. The molecule has 51 heavy (non-hydrogen) atoms. The summed E-state index contributed by atoms with van der Waals surface area (Å²) in [5.74, 6) is -3.30. The molecular formula is C44H83O6Sn. The van der Waals surface area contributed by atoms with Gasteiger partial charge in [-0.15, -0.1) is 0 Å². The third kappa shape index (κ3) is 34.7. The van der Waals surface area contributed by atoms with Crippen molar-refractivity contribution in [3.63, 3.8) is 0 Å². The molecule has 0 fully saturated rings. The topological polar surface area (TPSA) is 78.9 Å². The molecule has 6 nitrogen and oxygen atoms in total. The molecule has 7 heteroatoms. The Morgan fingerprint density at radius 3 is 0.863 bits per heavy atom. The van der Waals surface area contributed by atoms with Gasteiger partial charge in [0.05, 0.1) is 0 Å². The predicted molar refractivity (Wildman–Crippen MR) is 215 cm³/mol. The van der Waals surface area contributed by atoms with Crippen molar-refractivity contribution in [1.82, 2.24) is 0 Å². The molecule has 0 spiro atoms. The predicted octanol–water partition coefficient (Wildman–Crippen LogP) is 14.0. The van der Waals surface area contributed by atoms with Crippen molar-refractivity contribution in [2.45, 2.75) is 262 Å². The molecule has 0 N–H and O–H groups in total. The average molecular weight is 827 g/mol. The number of hydrogen-bond acceptors (Lipinski definition) is 6. The quantitative estimate of drug-likeness (QED) is 0.0265. The van der Waals surface area contributed by atoms with Crippen LogP contribution in [0, 0.1) is 0 Å². The molecule has 0 unspecified atom stereocenters. The molecule has 0 aliphatic heterocycles. The monoisotopic (exact) mass is 828 g/mol. The Bertz CT molecular complexity index is 699. The minimum absolute atomic E-state index is 0.196. The zero-order valence-electron chi connectivity index (χ0n) is 34.1. The van der Waals surface area contributed by atoms with Crippen molar-refractivity contribution >= 4 is 40.4 Å². The van der Waals surface area contributed by atoms with Gasteiger partial charge in [0, 0.05) is 0 Å². The van der Waals surface area contributed by atoms with Crippen molar-refractivity contribution in [2.24, 2.45) is 0 Å². The van der Waals surface area contributed by atoms with Gasteiger partial charge in [0.2, 0.25) is 0 Å². The van der Waals surface area contributed by atoms with Gasteiger partial charge in [-0.3, -0.25) is 0 Å². The summed E-state index contributed by atoms with van der Waals surface area (Å²) in [5, 5.41) is 0. The van der Waals surface area contributed by atoms with Crippen molar-refractivity contribution in [3.8, 4) is 0 Å². The minimum Gasteiger partial charge on any atom is -0.0654 e. The van der Waals surface area contributed by atoms with E-state index in [2.05, 4.69) is 20.8 Å². The van der Waals surface area contributed by atoms with Gasteiger partial charge < -0.3 is 0 Å². The molecule has 0 atom stereocenters. The SMILES string of the molecule is CCCCCCCCCCCC(=O)OC(CCCCCC[CH2][Sn])(OC(=O)CCCCCCCCCCC)OC(=O)CCCCCCCCCCC. The Kier molecular flexibility index (Phi) is 38.3. The van der Waals surface area contributed by atoms with Gasteiger partial charge in [-0.05, 0) is 0 Å². The van der Waals surface area contributed by atoms with Crippen molar-refractivity contribution in [2.75, 3.05) is 0 Å². The Labute approximate surface area is 329 Å². The molecule has 0 bridgehead atoms. The van der Waals surface area contributed by atoms with E-state index in [0.29, 0.717) is 6.42 Å². The molecule has 0 aromatic rings. The number of ether oxygens (including phenoxy) is 3. The third-order valence-electron chi connectivity index (χ3n) is 9.92. The van der Waals surface area contributed by atoms with Crippen LogP contribution < -0.4 is 0 Å². The first-order chi connectivity index (χ1) is 24.9. The summed E-state index contributed by atoms with van der Waals surface area (Å²) < 4.78 is 19.1. The molecule has 0 aromatic heterocycles. The van der Waals surface area contributed by atoms with Crippen LogP contribution in [-0.2, 0) is 28.6 Å². The van der Waals surface area contributed by atoms with E-state index < -0.39 is 23.9 Å². The molecule has 299 valence electrons. The second-order valence-corrected chi connectivity index (χ2v) is 16.5. The van der Waals surface area contributed by atoms with Crippen LogP contribution in [0.1, 0.15) is 252 Å². The van der Waals surface area contributed by atoms with Gasteiger partial charge in [0.15, 0.2) is 0 Å². The second kappa shape index (κ2) is 38.9. The van der Waals surface area contributed by atoms with Gasteiger partial charge in [0.25, 0.3) is 0 Å². The van der Waals surface area contributed by atoms with Crippen LogP contribution in [0.25, 0.3) is 0 Å². The van der Waals surface area contributed by atoms with E-state index >= 15 is 0 Å². The Morgan fingerprint density at radius 2 is 0.588 bits per heavy atom. The summed E-state index contributed by atoms with van der Waals surface area (Å²) in [5.41, 5.74) is 0. The number of esters is 3. The van der Waals surface area contributed by atoms with E-state index in [1.54, 1.807) is 22.5 Å². The first-order valence-electron chi connectivity index (χ1n) is 22.2. The van der Waals surface area contributed by atoms with Gasteiger partial charge in [0.1, 0.15) is 0 Å². The summed E-state index contributed by atoms with van der Waals surface area (Å²) in [6.07, 6.45) is 37.1. The molecule has 0 amide bonds. The molecule has 3 radical (unpaired) electrons. The Balaban J connectivity index is 5.27. The van der Waals surface area contributed by atoms with Crippen molar-refractivity contribution in [3.05, 3.63) is 0 Å². The van der Waals surface area contributed by atoms with Crippen LogP contribution in [0.2, 0.25) is 4.44 Å². The molecular weight excluding hydrogens is 743 g/mol. The summed E-state index contributed by atoms with van der Waals surface area (Å²) in [7, 11) is 0. The first-order valence-corrected chi connectivity index (χ1v) is 24.2. The molecule has 0 saturated carbocycles. The zero-order valence-corrected chi connectivity index (χ0v) is 37.0. The maximum atomic E-state index is 13.3. The fraction of sp³-hybridized carbons (Fsp3) is 0.932. The fourth-order valence-electron chi connectivity index (χ4n) is 6.63. The number of hydrogen-bond donors (Lipinski definition) is 0. The van der Waals surface area contributed by atoms with E-state index in [4.69, 9.17) is 14.2 Å². The van der Waals surface area contributed by atoms with Crippen molar-refractivity contribution in [1.29, 1.82) is 0 Å². The number of unbranched alkanes of at least 4 members (excludes halogenated alkanes) is 28. The molecule has 0 aromatic carbocycles. The van der Waals surface area contributed by atoms with Crippen molar-refractivity contribution < 1.29 is 28.6 Å². The van der Waals surface area contributed by atoms with Crippen LogP contribution in [0.4, 0.5) is 0 Å². The number of rotatable bonds is 40. The second-order valence-electron chi connectivity index (χ2n) is 15.1. The van der Waals surface area contributed by atoms with Crippen LogP contribution >= 0.6 is 0 Å². The average Bonchev–Trinajstić information content (AvgIpc) is 3.11. The third-order valence-corrected chi connectivity index (χ3v) is 10.9. The van der Waals surface area contributed by atoms with E-state index in [0.717, 1.165) is 77.0 Å². The van der Waals surface area contributed by atoms with Gasteiger partial charge in [-0.1, -0.05) is 175 Å². The maximum absolute atomic E-state index is 13.3. The van der Waals surface area contributed by atoms with E-state index in [1.165, 1.54) is 126 Å². The molecule has 0 rings (SSSR count). The summed E-state index contributed by atoms with van der Waals surface area (Å²) in [6, 6.07) is 0. The van der Waals surface area contributed by atoms with Gasteiger partial charge in [-0.25, -0.2) is 0 Å². The van der Waals surface area contributed by atoms with Gasteiger partial charge >= 0.3 is 156 Å². The van der Waals surface area contributed by atoms with Crippen LogP contribution in [0.3, 0.4) is 0 Å². The minimum atomic E-state index is -1.96. The van der Waals surface area contributed by atoms with E-state index in [1.807, 2.05) is 0 Å². The van der Waals surface area contributed by atoms with E-state index in [-0.39, 0.29) is 25.7 Å². The number of carbonyl (C=O) groups is 3. The molecule has 0 heterocycles. The number of carbonyl (C=O) groups excluding carboxylic acids is 3. The summed E-state index contributed by atoms with van der Waals surface area (Å²) in [4.78, 5) is 39.8. The standard InChI is InChI=1S/C44H83O6.Sn/c1-5-9-13-17-20-23-26-29-33-37-41(45)48-44(40-36-32-16-12-8-4,49-42(46)38-34-30-27-24-21-18-14-10-6-2)50-43(47)39-35-31-28-25-22-19-15-11-7-3;/h4-40H2,1-3H3;. The first kappa shape index (κ1) is 50.2. The zero-order chi connectivity index (χ0) is 37.5. The Hall–Kier alpha value is -0.791. The normalized spacial score (nSPS) is 11.5.